The van der Waals surface area contributed by atoms with Gasteiger partial charge in [0.05, 0.1) is 18.8 Å². The number of hydrogen-bond acceptors (Lipinski definition) is 2. The van der Waals surface area contributed by atoms with Crippen molar-refractivity contribution in [3.8, 4) is 0 Å². The number of likely N-dealkylation sites (N-methyl/N-ethyl adjacent to an activating group) is 1. The highest BCUT2D eigenvalue weighted by atomic mass is 16.5. The van der Waals surface area contributed by atoms with E-state index in [0.717, 1.165) is 19.1 Å². The number of nitrogens with zero attached hydrogens (tertiary/aromatic N) is 1. The van der Waals surface area contributed by atoms with Crippen LogP contribution in [0.25, 0.3) is 0 Å². The van der Waals surface area contributed by atoms with Crippen molar-refractivity contribution in [3.05, 3.63) is 0 Å². The van der Waals surface area contributed by atoms with Gasteiger partial charge >= 0.3 is 0 Å². The van der Waals surface area contributed by atoms with E-state index in [4.69, 9.17) is 4.74 Å². The van der Waals surface area contributed by atoms with Gasteiger partial charge in [0.2, 0.25) is 0 Å². The lowest BCUT2D eigenvalue weighted by Crippen LogP contribution is -2.58. The fourth-order valence-corrected chi connectivity index (χ4v) is 1.34. The second-order valence-corrected chi connectivity index (χ2v) is 4.59. The molecule has 0 N–H and O–H groups in total. The lowest BCUT2D eigenvalue weighted by atomic mass is 9.97. The third-order valence-corrected chi connectivity index (χ3v) is 2.79. The molecule has 14 heavy (non-hydrogen) atoms. The van der Waals surface area contributed by atoms with Crippen LogP contribution in [0, 0.1) is 5.92 Å². The van der Waals surface area contributed by atoms with Gasteiger partial charge in [0, 0.05) is 0 Å². The molecule has 1 fully saturated rings. The Hall–Kier alpha value is -0.0800. The SMILES string of the molecule is CC.CC(C)CCN(C)C1(C)COC1. The van der Waals surface area contributed by atoms with Gasteiger partial charge in [-0.25, -0.2) is 0 Å². The molecule has 0 atom stereocenters. The van der Waals surface area contributed by atoms with Gasteiger partial charge in [0.15, 0.2) is 0 Å². The molecule has 1 saturated heterocycles. The minimum Gasteiger partial charge on any atom is -0.377 e. The number of hydrogen-bond donors (Lipinski definition) is 0. The van der Waals surface area contributed by atoms with Crippen LogP contribution in [0.15, 0.2) is 0 Å². The first kappa shape index (κ1) is 13.9. The first-order valence-corrected chi connectivity index (χ1v) is 5.83. The van der Waals surface area contributed by atoms with Gasteiger partial charge in [-0.3, -0.25) is 4.90 Å². The Bertz CT molecular complexity index is 141. The van der Waals surface area contributed by atoms with Gasteiger partial charge in [0.25, 0.3) is 0 Å². The summed E-state index contributed by atoms with van der Waals surface area (Å²) in [6.45, 7) is 13.8. The van der Waals surface area contributed by atoms with Crippen molar-refractivity contribution >= 4 is 0 Å². The van der Waals surface area contributed by atoms with E-state index in [1.807, 2.05) is 13.8 Å². The third-order valence-electron chi connectivity index (χ3n) is 2.79. The van der Waals surface area contributed by atoms with Crippen molar-refractivity contribution in [2.45, 2.75) is 46.6 Å². The van der Waals surface area contributed by atoms with Crippen LogP contribution in [-0.4, -0.2) is 37.2 Å². The van der Waals surface area contributed by atoms with Crippen LogP contribution in [0.2, 0.25) is 0 Å². The highest BCUT2D eigenvalue weighted by Gasteiger charge is 2.36. The Labute approximate surface area is 89.6 Å². The molecule has 1 heterocycles. The minimum absolute atomic E-state index is 0.328. The fraction of sp³-hybridized carbons (Fsp3) is 1.00. The van der Waals surface area contributed by atoms with E-state index in [-0.39, 0.29) is 0 Å². The van der Waals surface area contributed by atoms with Crippen LogP contribution in [0.5, 0.6) is 0 Å². The van der Waals surface area contributed by atoms with Crippen molar-refractivity contribution < 1.29 is 4.74 Å². The molecule has 2 heteroatoms. The Kier molecular flexibility index (Phi) is 6.38. The molecule has 0 radical (unpaired) electrons. The smallest absolute Gasteiger partial charge is 0.0671 e. The van der Waals surface area contributed by atoms with E-state index in [0.29, 0.717) is 5.54 Å². The molecule has 0 amide bonds. The van der Waals surface area contributed by atoms with E-state index in [9.17, 15) is 0 Å². The molecule has 0 bridgehead atoms. The quantitative estimate of drug-likeness (QED) is 0.693. The van der Waals surface area contributed by atoms with Gasteiger partial charge < -0.3 is 4.74 Å². The van der Waals surface area contributed by atoms with Gasteiger partial charge in [-0.1, -0.05) is 27.7 Å². The van der Waals surface area contributed by atoms with Crippen molar-refractivity contribution in [2.24, 2.45) is 5.92 Å². The summed E-state index contributed by atoms with van der Waals surface area (Å²) in [4.78, 5) is 2.43. The molecule has 0 aliphatic carbocycles. The lowest BCUT2D eigenvalue weighted by molar-refractivity contribution is -0.122. The first-order chi connectivity index (χ1) is 6.54. The van der Waals surface area contributed by atoms with Gasteiger partial charge in [-0.2, -0.15) is 0 Å². The Balaban J connectivity index is 0.000000791. The Morgan fingerprint density at radius 2 is 1.79 bits per heavy atom. The monoisotopic (exact) mass is 201 g/mol. The average Bonchev–Trinajstić information content (AvgIpc) is 2.13. The first-order valence-electron chi connectivity index (χ1n) is 5.83. The van der Waals surface area contributed by atoms with Crippen LogP contribution in [-0.2, 0) is 4.74 Å². The third kappa shape index (κ3) is 3.97. The molecule has 86 valence electrons. The molecule has 0 aromatic carbocycles. The van der Waals surface area contributed by atoms with Gasteiger partial charge in [-0.15, -0.1) is 0 Å². The zero-order valence-corrected chi connectivity index (χ0v) is 10.8. The molecule has 2 nitrogen and oxygen atoms in total. The molecular weight excluding hydrogens is 174 g/mol. The zero-order valence-electron chi connectivity index (χ0n) is 10.8. The van der Waals surface area contributed by atoms with E-state index in [1.165, 1.54) is 13.0 Å². The normalized spacial score (nSPS) is 18.9. The summed E-state index contributed by atoms with van der Waals surface area (Å²) in [6, 6.07) is 0. The Morgan fingerprint density at radius 1 is 1.29 bits per heavy atom. The molecule has 0 unspecified atom stereocenters. The summed E-state index contributed by atoms with van der Waals surface area (Å²) in [6.07, 6.45) is 1.28. The molecular formula is C12H27NO. The maximum atomic E-state index is 5.22. The summed E-state index contributed by atoms with van der Waals surface area (Å²) < 4.78 is 5.22. The minimum atomic E-state index is 0.328. The zero-order chi connectivity index (χ0) is 11.2. The van der Waals surface area contributed by atoms with Gasteiger partial charge in [0.1, 0.15) is 0 Å². The summed E-state index contributed by atoms with van der Waals surface area (Å²) in [5.74, 6) is 0.803. The largest absolute Gasteiger partial charge is 0.377 e. The van der Waals surface area contributed by atoms with Crippen LogP contribution in [0.1, 0.15) is 41.0 Å². The summed E-state index contributed by atoms with van der Waals surface area (Å²) >= 11 is 0. The summed E-state index contributed by atoms with van der Waals surface area (Å²) in [5.41, 5.74) is 0.328. The Morgan fingerprint density at radius 3 is 2.07 bits per heavy atom. The molecule has 1 aliphatic rings. The summed E-state index contributed by atoms with van der Waals surface area (Å²) in [5, 5.41) is 0. The van der Waals surface area contributed by atoms with E-state index in [1.54, 1.807) is 0 Å². The maximum absolute atomic E-state index is 5.22. The predicted molar refractivity (Wildman–Crippen MR) is 62.7 cm³/mol. The van der Waals surface area contributed by atoms with E-state index < -0.39 is 0 Å². The number of ether oxygens (including phenoxy) is 1. The highest BCUT2D eigenvalue weighted by Crippen LogP contribution is 2.23. The van der Waals surface area contributed by atoms with Crippen molar-refractivity contribution in [1.82, 2.24) is 4.90 Å². The highest BCUT2D eigenvalue weighted by molar-refractivity contribution is 4.90. The lowest BCUT2D eigenvalue weighted by Gasteiger charge is -2.45. The fourth-order valence-electron chi connectivity index (χ4n) is 1.34. The van der Waals surface area contributed by atoms with Crippen LogP contribution in [0.4, 0.5) is 0 Å². The van der Waals surface area contributed by atoms with Crippen LogP contribution in [0.3, 0.4) is 0 Å². The molecule has 0 aromatic heterocycles. The van der Waals surface area contributed by atoms with Crippen molar-refractivity contribution in [3.63, 3.8) is 0 Å². The molecule has 0 spiro atoms. The average molecular weight is 201 g/mol. The molecule has 1 rings (SSSR count). The van der Waals surface area contributed by atoms with Crippen molar-refractivity contribution in [1.29, 1.82) is 0 Å². The second kappa shape index (κ2) is 6.41. The standard InChI is InChI=1S/C10H21NO.C2H6/c1-9(2)5-6-11(4)10(3)7-12-8-10;1-2/h9H,5-8H2,1-4H3;1-2H3. The van der Waals surface area contributed by atoms with Crippen molar-refractivity contribution in [2.75, 3.05) is 26.8 Å². The molecule has 1 aliphatic heterocycles. The molecule has 0 aromatic rings. The molecule has 0 saturated carbocycles. The van der Waals surface area contributed by atoms with Crippen LogP contribution >= 0.6 is 0 Å². The van der Waals surface area contributed by atoms with E-state index in [2.05, 4.69) is 32.7 Å². The second-order valence-electron chi connectivity index (χ2n) is 4.59. The van der Waals surface area contributed by atoms with Gasteiger partial charge in [-0.05, 0) is 32.9 Å². The van der Waals surface area contributed by atoms with E-state index >= 15 is 0 Å². The van der Waals surface area contributed by atoms with Crippen LogP contribution < -0.4 is 0 Å². The maximum Gasteiger partial charge on any atom is 0.0671 e. The predicted octanol–water partition coefficient (Wildman–Crippen LogP) is 2.78. The topological polar surface area (TPSA) is 12.5 Å². The summed E-state index contributed by atoms with van der Waals surface area (Å²) in [7, 11) is 2.20. The number of rotatable bonds is 4.